The van der Waals surface area contributed by atoms with Gasteiger partial charge >= 0.3 is 6.09 Å². The Balaban J connectivity index is 2.15. The number of carbonyl (C=O) groups excluding carboxylic acids is 2. The molecule has 1 unspecified atom stereocenters. The summed E-state index contributed by atoms with van der Waals surface area (Å²) in [6.45, 7) is 7.41. The first-order valence-electron chi connectivity index (χ1n) is 9.89. The monoisotopic (exact) mass is 486 g/mol. The minimum Gasteiger partial charge on any atom is -0.468 e. The fourth-order valence-corrected chi connectivity index (χ4v) is 3.30. The summed E-state index contributed by atoms with van der Waals surface area (Å²) >= 11 is 3.15. The molecule has 0 radical (unpaired) electrons. The number of ether oxygens (including phenoxy) is 4. The Bertz CT molecular complexity index is 722. The zero-order valence-electron chi connectivity index (χ0n) is 18.0. The number of benzene rings is 1. The van der Waals surface area contributed by atoms with Crippen molar-refractivity contribution in [2.75, 3.05) is 45.5 Å². The second kappa shape index (κ2) is 11.5. The lowest BCUT2D eigenvalue weighted by Crippen LogP contribution is -2.47. The lowest BCUT2D eigenvalue weighted by Gasteiger charge is -2.38. The van der Waals surface area contributed by atoms with E-state index >= 15 is 0 Å². The summed E-state index contributed by atoms with van der Waals surface area (Å²) in [6.07, 6.45) is 0.275. The van der Waals surface area contributed by atoms with Crippen molar-refractivity contribution < 1.29 is 28.5 Å². The molecule has 1 heterocycles. The van der Waals surface area contributed by atoms with Gasteiger partial charge in [0, 0.05) is 20.2 Å². The van der Waals surface area contributed by atoms with Gasteiger partial charge in [-0.05, 0) is 50.5 Å². The standard InChI is InChI=1S/C21H31BrN2O6/c1-21(2,3)30-20(26)24-8-7-15-11-16(29-14-28-10-9-27-4)5-6-17(15)18(24)13-23-19(25)12-22/h5-6,11,18H,7-10,12-14H2,1-4H3,(H,23,25). The van der Waals surface area contributed by atoms with Gasteiger partial charge in [-0.25, -0.2) is 4.79 Å². The summed E-state index contributed by atoms with van der Waals surface area (Å²) in [5.74, 6) is 0.555. The van der Waals surface area contributed by atoms with Crippen molar-refractivity contribution in [3.8, 4) is 5.75 Å². The van der Waals surface area contributed by atoms with Gasteiger partial charge in [0.1, 0.15) is 11.4 Å². The molecule has 1 aromatic rings. The summed E-state index contributed by atoms with van der Waals surface area (Å²) in [6, 6.07) is 5.41. The summed E-state index contributed by atoms with van der Waals surface area (Å²) < 4.78 is 21.5. The maximum atomic E-state index is 12.8. The third kappa shape index (κ3) is 7.45. The molecular weight excluding hydrogens is 456 g/mol. The molecular formula is C21H31BrN2O6. The van der Waals surface area contributed by atoms with E-state index in [1.54, 1.807) is 12.0 Å². The van der Waals surface area contributed by atoms with Crippen molar-refractivity contribution in [3.63, 3.8) is 0 Å². The van der Waals surface area contributed by atoms with Crippen LogP contribution in [0.5, 0.6) is 5.75 Å². The van der Waals surface area contributed by atoms with Crippen LogP contribution in [0, 0.1) is 0 Å². The van der Waals surface area contributed by atoms with Crippen LogP contribution in [0.2, 0.25) is 0 Å². The van der Waals surface area contributed by atoms with Crippen molar-refractivity contribution in [1.82, 2.24) is 10.2 Å². The zero-order chi connectivity index (χ0) is 22.1. The van der Waals surface area contributed by atoms with E-state index in [4.69, 9.17) is 18.9 Å². The fourth-order valence-electron chi connectivity index (χ4n) is 3.11. The predicted molar refractivity (Wildman–Crippen MR) is 116 cm³/mol. The third-order valence-corrected chi connectivity index (χ3v) is 4.96. The van der Waals surface area contributed by atoms with Crippen LogP contribution in [-0.4, -0.2) is 68.0 Å². The van der Waals surface area contributed by atoms with Gasteiger partial charge in [0.05, 0.1) is 24.6 Å². The molecule has 0 spiro atoms. The number of halogens is 1. The Morgan fingerprint density at radius 3 is 2.70 bits per heavy atom. The van der Waals surface area contributed by atoms with Crippen LogP contribution < -0.4 is 10.1 Å². The number of fused-ring (bicyclic) bond motifs is 1. The minimum absolute atomic E-state index is 0.136. The highest BCUT2D eigenvalue weighted by atomic mass is 79.9. The van der Waals surface area contributed by atoms with E-state index in [0.717, 1.165) is 11.1 Å². The summed E-state index contributed by atoms with van der Waals surface area (Å²) in [5, 5.41) is 3.06. The summed E-state index contributed by atoms with van der Waals surface area (Å²) in [4.78, 5) is 26.2. The number of nitrogens with zero attached hydrogens (tertiary/aromatic N) is 1. The number of hydrogen-bond acceptors (Lipinski definition) is 6. The number of amides is 2. The lowest BCUT2D eigenvalue weighted by molar-refractivity contribution is -0.118. The number of carbonyl (C=O) groups is 2. The molecule has 2 rings (SSSR count). The normalized spacial score (nSPS) is 16.0. The largest absolute Gasteiger partial charge is 0.468 e. The average Bonchev–Trinajstić information content (AvgIpc) is 2.69. The summed E-state index contributed by atoms with van der Waals surface area (Å²) in [7, 11) is 1.62. The molecule has 1 atom stereocenters. The number of methoxy groups -OCH3 is 1. The van der Waals surface area contributed by atoms with Crippen LogP contribution in [0.4, 0.5) is 4.79 Å². The minimum atomic E-state index is -0.596. The molecule has 1 aromatic carbocycles. The Morgan fingerprint density at radius 2 is 2.03 bits per heavy atom. The van der Waals surface area contributed by atoms with Gasteiger partial charge in [0.25, 0.3) is 0 Å². The van der Waals surface area contributed by atoms with E-state index in [0.29, 0.717) is 38.5 Å². The van der Waals surface area contributed by atoms with E-state index in [1.807, 2.05) is 39.0 Å². The van der Waals surface area contributed by atoms with Crippen molar-refractivity contribution >= 4 is 27.9 Å². The van der Waals surface area contributed by atoms with Crippen molar-refractivity contribution in [2.24, 2.45) is 0 Å². The van der Waals surface area contributed by atoms with Gasteiger partial charge in [-0.1, -0.05) is 22.0 Å². The maximum absolute atomic E-state index is 12.8. The Morgan fingerprint density at radius 1 is 1.27 bits per heavy atom. The second-order valence-electron chi connectivity index (χ2n) is 7.90. The highest BCUT2D eigenvalue weighted by Gasteiger charge is 2.34. The maximum Gasteiger partial charge on any atom is 0.410 e. The van der Waals surface area contributed by atoms with Crippen molar-refractivity contribution in [1.29, 1.82) is 0 Å². The SMILES string of the molecule is COCCOCOc1ccc2c(c1)CCN(C(=O)OC(C)(C)C)C2CNC(=O)CBr. The van der Waals surface area contributed by atoms with E-state index in [-0.39, 0.29) is 24.1 Å². The molecule has 0 bridgehead atoms. The Labute approximate surface area is 186 Å². The highest BCUT2D eigenvalue weighted by Crippen LogP contribution is 2.33. The smallest absolute Gasteiger partial charge is 0.410 e. The molecule has 2 amide bonds. The van der Waals surface area contributed by atoms with E-state index in [2.05, 4.69) is 21.2 Å². The molecule has 0 aromatic heterocycles. The van der Waals surface area contributed by atoms with Crippen molar-refractivity contribution in [2.45, 2.75) is 38.8 Å². The molecule has 0 aliphatic carbocycles. The molecule has 1 aliphatic heterocycles. The van der Waals surface area contributed by atoms with E-state index in [1.165, 1.54) is 0 Å². The average molecular weight is 487 g/mol. The van der Waals surface area contributed by atoms with Crippen LogP contribution in [0.3, 0.4) is 0 Å². The van der Waals surface area contributed by atoms with Crippen LogP contribution in [-0.2, 0) is 25.4 Å². The quantitative estimate of drug-likeness (QED) is 0.328. The Kier molecular flexibility index (Phi) is 9.38. The zero-order valence-corrected chi connectivity index (χ0v) is 19.6. The first kappa shape index (κ1) is 24.4. The Hall–Kier alpha value is -1.84. The lowest BCUT2D eigenvalue weighted by atomic mass is 9.92. The third-order valence-electron chi connectivity index (χ3n) is 4.45. The van der Waals surface area contributed by atoms with Gasteiger partial charge in [-0.3, -0.25) is 9.69 Å². The van der Waals surface area contributed by atoms with Crippen molar-refractivity contribution in [3.05, 3.63) is 29.3 Å². The number of hydrogen-bond donors (Lipinski definition) is 1. The van der Waals surface area contributed by atoms with Crippen LogP contribution >= 0.6 is 15.9 Å². The highest BCUT2D eigenvalue weighted by molar-refractivity contribution is 9.09. The van der Waals surface area contributed by atoms with Gasteiger partial charge in [0.2, 0.25) is 5.91 Å². The molecule has 0 fully saturated rings. The topological polar surface area (TPSA) is 86.3 Å². The molecule has 1 aliphatic rings. The second-order valence-corrected chi connectivity index (χ2v) is 8.46. The summed E-state index contributed by atoms with van der Waals surface area (Å²) in [5.41, 5.74) is 1.44. The molecule has 0 saturated heterocycles. The molecule has 0 saturated carbocycles. The van der Waals surface area contributed by atoms with Crippen LogP contribution in [0.1, 0.15) is 37.9 Å². The van der Waals surface area contributed by atoms with Crippen LogP contribution in [0.15, 0.2) is 18.2 Å². The van der Waals surface area contributed by atoms with E-state index < -0.39 is 11.7 Å². The number of alkyl halides is 1. The van der Waals surface area contributed by atoms with Gasteiger partial charge in [-0.2, -0.15) is 0 Å². The predicted octanol–water partition coefficient (Wildman–Crippen LogP) is 3.03. The van der Waals surface area contributed by atoms with Crippen LogP contribution in [0.25, 0.3) is 0 Å². The molecule has 1 N–H and O–H groups in total. The van der Waals surface area contributed by atoms with Gasteiger partial charge in [-0.15, -0.1) is 0 Å². The fraction of sp³-hybridized carbons (Fsp3) is 0.619. The first-order valence-corrected chi connectivity index (χ1v) is 11.0. The van der Waals surface area contributed by atoms with E-state index in [9.17, 15) is 9.59 Å². The molecule has 168 valence electrons. The number of nitrogens with one attached hydrogen (secondary N) is 1. The molecule has 8 nitrogen and oxygen atoms in total. The number of rotatable bonds is 9. The first-order chi connectivity index (χ1) is 14.2. The van der Waals surface area contributed by atoms with Gasteiger partial charge < -0.3 is 24.3 Å². The molecule has 30 heavy (non-hydrogen) atoms. The van der Waals surface area contributed by atoms with Gasteiger partial charge in [0.15, 0.2) is 6.79 Å². The molecule has 9 heteroatoms.